The second-order valence-electron chi connectivity index (χ2n) is 4.39. The molecule has 72 valence electrons. The van der Waals surface area contributed by atoms with Crippen molar-refractivity contribution in [2.24, 2.45) is 0 Å². The van der Waals surface area contributed by atoms with Crippen LogP contribution in [0.25, 0.3) is 0 Å². The van der Waals surface area contributed by atoms with Crippen molar-refractivity contribution in [1.82, 2.24) is 4.98 Å². The zero-order valence-electron chi connectivity index (χ0n) is 9.31. The molecule has 0 fully saturated rings. The highest BCUT2D eigenvalue weighted by Gasteiger charge is 2.19. The molecule has 0 atom stereocenters. The Labute approximate surface area is 81.2 Å². The Morgan fingerprint density at radius 1 is 1.23 bits per heavy atom. The number of pyridine rings is 1. The molecule has 0 bridgehead atoms. The molecule has 0 saturated heterocycles. The molecule has 0 radical (unpaired) electrons. The van der Waals surface area contributed by atoms with Crippen LogP contribution in [0.15, 0.2) is 12.3 Å². The first-order valence-electron chi connectivity index (χ1n) is 4.91. The van der Waals surface area contributed by atoms with Gasteiger partial charge in [-0.1, -0.05) is 20.8 Å². The monoisotopic (exact) mass is 177 g/mol. The first-order chi connectivity index (χ1) is 5.97. The maximum Gasteiger partial charge on any atom is 0.0462 e. The average Bonchev–Trinajstić information content (AvgIpc) is 2.09. The SMILES string of the molecule is CCC(C)(C)c1cc(C)c(C)cn1. The zero-order chi connectivity index (χ0) is 10.1. The third-order valence-electron chi connectivity index (χ3n) is 2.95. The molecule has 0 amide bonds. The molecule has 0 spiro atoms. The summed E-state index contributed by atoms with van der Waals surface area (Å²) in [4.78, 5) is 4.48. The van der Waals surface area contributed by atoms with Gasteiger partial charge in [0.15, 0.2) is 0 Å². The van der Waals surface area contributed by atoms with Crippen molar-refractivity contribution >= 4 is 0 Å². The molecule has 0 aliphatic carbocycles. The van der Waals surface area contributed by atoms with Crippen LogP contribution in [0.2, 0.25) is 0 Å². The lowest BCUT2D eigenvalue weighted by atomic mass is 9.85. The van der Waals surface area contributed by atoms with E-state index in [-0.39, 0.29) is 5.41 Å². The highest BCUT2D eigenvalue weighted by Crippen LogP contribution is 2.25. The van der Waals surface area contributed by atoms with Crippen molar-refractivity contribution in [3.63, 3.8) is 0 Å². The van der Waals surface area contributed by atoms with Crippen LogP contribution in [0.1, 0.15) is 44.0 Å². The average molecular weight is 177 g/mol. The van der Waals surface area contributed by atoms with Crippen molar-refractivity contribution in [3.8, 4) is 0 Å². The minimum Gasteiger partial charge on any atom is -0.260 e. The molecule has 1 rings (SSSR count). The first kappa shape index (κ1) is 10.2. The fraction of sp³-hybridized carbons (Fsp3) is 0.583. The molecule has 0 aliphatic heterocycles. The van der Waals surface area contributed by atoms with Crippen molar-refractivity contribution in [1.29, 1.82) is 0 Å². The quantitative estimate of drug-likeness (QED) is 0.674. The smallest absolute Gasteiger partial charge is 0.0462 e. The van der Waals surface area contributed by atoms with E-state index < -0.39 is 0 Å². The fourth-order valence-corrected chi connectivity index (χ4v) is 1.18. The standard InChI is InChI=1S/C12H19N/c1-6-12(4,5)11-7-9(2)10(3)8-13-11/h7-8H,6H2,1-5H3. The maximum absolute atomic E-state index is 4.48. The van der Waals surface area contributed by atoms with Crippen LogP contribution < -0.4 is 0 Å². The molecule has 0 aliphatic rings. The molecule has 0 aromatic carbocycles. The first-order valence-corrected chi connectivity index (χ1v) is 4.91. The summed E-state index contributed by atoms with van der Waals surface area (Å²) in [7, 11) is 0. The summed E-state index contributed by atoms with van der Waals surface area (Å²) >= 11 is 0. The number of aryl methyl sites for hydroxylation is 2. The molecule has 1 nitrogen and oxygen atoms in total. The Balaban J connectivity index is 3.10. The van der Waals surface area contributed by atoms with Gasteiger partial charge in [-0.2, -0.15) is 0 Å². The Kier molecular flexibility index (Phi) is 2.74. The molecule has 1 heterocycles. The maximum atomic E-state index is 4.48. The summed E-state index contributed by atoms with van der Waals surface area (Å²) in [5.74, 6) is 0. The van der Waals surface area contributed by atoms with E-state index in [1.54, 1.807) is 0 Å². The third-order valence-corrected chi connectivity index (χ3v) is 2.95. The van der Waals surface area contributed by atoms with Gasteiger partial charge in [-0.25, -0.2) is 0 Å². The number of aromatic nitrogens is 1. The van der Waals surface area contributed by atoms with Gasteiger partial charge in [-0.3, -0.25) is 4.98 Å². The van der Waals surface area contributed by atoms with E-state index in [1.807, 2.05) is 6.20 Å². The van der Waals surface area contributed by atoms with Gasteiger partial charge in [-0.05, 0) is 37.5 Å². The van der Waals surface area contributed by atoms with E-state index in [0.29, 0.717) is 0 Å². The van der Waals surface area contributed by atoms with E-state index >= 15 is 0 Å². The number of rotatable bonds is 2. The lowest BCUT2D eigenvalue weighted by molar-refractivity contribution is 0.489. The van der Waals surface area contributed by atoms with E-state index in [4.69, 9.17) is 0 Å². The van der Waals surface area contributed by atoms with Crippen molar-refractivity contribution < 1.29 is 0 Å². The van der Waals surface area contributed by atoms with Crippen molar-refractivity contribution in [2.75, 3.05) is 0 Å². The van der Waals surface area contributed by atoms with E-state index in [1.165, 1.54) is 16.8 Å². The van der Waals surface area contributed by atoms with Crippen LogP contribution in [-0.4, -0.2) is 4.98 Å². The predicted molar refractivity (Wildman–Crippen MR) is 57.0 cm³/mol. The van der Waals surface area contributed by atoms with E-state index in [0.717, 1.165) is 6.42 Å². The second-order valence-corrected chi connectivity index (χ2v) is 4.39. The van der Waals surface area contributed by atoms with E-state index in [2.05, 4.69) is 45.7 Å². The largest absolute Gasteiger partial charge is 0.260 e. The summed E-state index contributed by atoms with van der Waals surface area (Å²) < 4.78 is 0. The molecule has 1 aromatic heterocycles. The molecular weight excluding hydrogens is 158 g/mol. The highest BCUT2D eigenvalue weighted by atomic mass is 14.7. The lowest BCUT2D eigenvalue weighted by Crippen LogP contribution is -2.17. The van der Waals surface area contributed by atoms with Gasteiger partial charge in [0.05, 0.1) is 0 Å². The van der Waals surface area contributed by atoms with Crippen LogP contribution in [0, 0.1) is 13.8 Å². The second kappa shape index (κ2) is 3.49. The fourth-order valence-electron chi connectivity index (χ4n) is 1.18. The van der Waals surface area contributed by atoms with Gasteiger partial charge in [0.25, 0.3) is 0 Å². The van der Waals surface area contributed by atoms with Crippen LogP contribution in [0.3, 0.4) is 0 Å². The number of nitrogens with zero attached hydrogens (tertiary/aromatic N) is 1. The molecule has 0 saturated carbocycles. The van der Waals surface area contributed by atoms with Gasteiger partial charge in [-0.15, -0.1) is 0 Å². The molecular formula is C12H19N. The summed E-state index contributed by atoms with van der Waals surface area (Å²) in [5.41, 5.74) is 4.03. The predicted octanol–water partition coefficient (Wildman–Crippen LogP) is 3.39. The van der Waals surface area contributed by atoms with Crippen molar-refractivity contribution in [3.05, 3.63) is 29.1 Å². The van der Waals surface area contributed by atoms with Gasteiger partial charge in [0.2, 0.25) is 0 Å². The molecule has 1 aromatic rings. The highest BCUT2D eigenvalue weighted by molar-refractivity contribution is 5.27. The summed E-state index contributed by atoms with van der Waals surface area (Å²) in [6, 6.07) is 2.21. The Hall–Kier alpha value is -0.850. The van der Waals surface area contributed by atoms with Crippen LogP contribution >= 0.6 is 0 Å². The zero-order valence-corrected chi connectivity index (χ0v) is 9.31. The Morgan fingerprint density at radius 3 is 2.31 bits per heavy atom. The van der Waals surface area contributed by atoms with Gasteiger partial charge >= 0.3 is 0 Å². The lowest BCUT2D eigenvalue weighted by Gasteiger charge is -2.22. The summed E-state index contributed by atoms with van der Waals surface area (Å²) in [5, 5.41) is 0. The minimum absolute atomic E-state index is 0.207. The minimum atomic E-state index is 0.207. The van der Waals surface area contributed by atoms with Gasteiger partial charge in [0, 0.05) is 17.3 Å². The summed E-state index contributed by atoms with van der Waals surface area (Å²) in [6.45, 7) is 10.9. The topological polar surface area (TPSA) is 12.9 Å². The summed E-state index contributed by atoms with van der Waals surface area (Å²) in [6.07, 6.45) is 3.10. The molecule has 13 heavy (non-hydrogen) atoms. The molecule has 1 heteroatoms. The Morgan fingerprint density at radius 2 is 1.85 bits per heavy atom. The molecule has 0 unspecified atom stereocenters. The van der Waals surface area contributed by atoms with E-state index in [9.17, 15) is 0 Å². The van der Waals surface area contributed by atoms with Crippen molar-refractivity contribution in [2.45, 2.75) is 46.5 Å². The Bertz CT molecular complexity index is 300. The molecule has 0 N–H and O–H groups in total. The van der Waals surface area contributed by atoms with Crippen LogP contribution in [0.5, 0.6) is 0 Å². The van der Waals surface area contributed by atoms with Crippen LogP contribution in [0.4, 0.5) is 0 Å². The van der Waals surface area contributed by atoms with Gasteiger partial charge in [0.1, 0.15) is 0 Å². The third kappa shape index (κ3) is 2.09. The normalized spacial score (nSPS) is 11.8. The number of hydrogen-bond acceptors (Lipinski definition) is 1. The number of hydrogen-bond donors (Lipinski definition) is 0. The van der Waals surface area contributed by atoms with Crippen LogP contribution in [-0.2, 0) is 5.41 Å². The van der Waals surface area contributed by atoms with Gasteiger partial charge < -0.3 is 0 Å².